The topological polar surface area (TPSA) is 115 Å². The van der Waals surface area contributed by atoms with Gasteiger partial charge in [-0.05, 0) is 108 Å². The highest BCUT2D eigenvalue weighted by Gasteiger charge is 2.22. The Morgan fingerprint density at radius 3 is 2.21 bits per heavy atom. The molecule has 9 heteroatoms. The number of hydrogen-bond donors (Lipinski definition) is 3. The van der Waals surface area contributed by atoms with Crippen molar-refractivity contribution in [2.75, 3.05) is 40.5 Å². The lowest BCUT2D eigenvalue weighted by Crippen LogP contribution is -2.41. The summed E-state index contributed by atoms with van der Waals surface area (Å²) in [5, 5.41) is 8.64. The van der Waals surface area contributed by atoms with Crippen molar-refractivity contribution in [3.63, 3.8) is 0 Å². The number of Topliss-reactive ketones (excluding diaryl/α,β-unsaturated/α-hetero) is 1. The number of allylic oxidation sites excluding steroid dienone is 1. The number of unbranched alkanes of at least 4 members (excludes halogenated alkanes) is 3. The SMILES string of the molecule is C=CCc1c(OCCCCCOc2cccc(OCCCC(=O)NCCCCC(NC)C(=O)NC)c2CCC)ccc2c1CCCC2=O. The summed E-state index contributed by atoms with van der Waals surface area (Å²) in [6, 6.07) is 9.61. The molecule has 1 atom stereocenters. The molecule has 0 spiro atoms. The van der Waals surface area contributed by atoms with E-state index in [4.69, 9.17) is 14.2 Å². The zero-order chi connectivity index (χ0) is 34.6. The third-order valence-electron chi connectivity index (χ3n) is 8.72. The first-order chi connectivity index (χ1) is 23.4. The van der Waals surface area contributed by atoms with Crippen LogP contribution in [0, 0.1) is 0 Å². The molecule has 0 saturated heterocycles. The molecule has 0 heterocycles. The summed E-state index contributed by atoms with van der Waals surface area (Å²) in [5.74, 6) is 2.78. The Morgan fingerprint density at radius 2 is 1.56 bits per heavy atom. The number of hydrogen-bond acceptors (Lipinski definition) is 7. The second-order valence-electron chi connectivity index (χ2n) is 12.3. The highest BCUT2D eigenvalue weighted by molar-refractivity contribution is 5.99. The van der Waals surface area contributed by atoms with E-state index in [2.05, 4.69) is 29.5 Å². The predicted octanol–water partition coefficient (Wildman–Crippen LogP) is 6.29. The lowest BCUT2D eigenvalue weighted by Gasteiger charge is -2.21. The summed E-state index contributed by atoms with van der Waals surface area (Å²) in [6.45, 7) is 8.34. The number of benzene rings is 2. The van der Waals surface area contributed by atoms with Crippen molar-refractivity contribution in [2.45, 2.75) is 103 Å². The smallest absolute Gasteiger partial charge is 0.236 e. The summed E-state index contributed by atoms with van der Waals surface area (Å²) < 4.78 is 18.5. The van der Waals surface area contributed by atoms with Crippen LogP contribution in [0.2, 0.25) is 0 Å². The normalized spacial score (nSPS) is 12.9. The van der Waals surface area contributed by atoms with E-state index in [1.807, 2.05) is 36.4 Å². The molecule has 2 aromatic rings. The van der Waals surface area contributed by atoms with E-state index >= 15 is 0 Å². The zero-order valence-electron chi connectivity index (χ0n) is 29.4. The van der Waals surface area contributed by atoms with Crippen molar-refractivity contribution < 1.29 is 28.6 Å². The summed E-state index contributed by atoms with van der Waals surface area (Å²) in [7, 11) is 3.42. The average molecular weight is 664 g/mol. The Morgan fingerprint density at radius 1 is 0.875 bits per heavy atom. The van der Waals surface area contributed by atoms with Crippen LogP contribution in [-0.4, -0.2) is 64.1 Å². The van der Waals surface area contributed by atoms with E-state index in [9.17, 15) is 14.4 Å². The Labute approximate surface area is 287 Å². The second-order valence-corrected chi connectivity index (χ2v) is 12.3. The fraction of sp³-hybridized carbons (Fsp3) is 0.564. The molecule has 0 saturated carbocycles. The number of ether oxygens (including phenoxy) is 3. The molecule has 9 nitrogen and oxygen atoms in total. The standard InChI is InChI=1S/C39H57N3O6/c1-5-15-31-29-17-12-19-34(43)30(29)23-24-37(31)47-27-11-7-10-26-46-35-20-13-21-36(32(35)16-6-2)48-28-14-22-38(44)42-25-9-8-18-33(40-3)39(45)41-4/h5,13,20-21,23-24,33,40H,1,6-12,14-19,22,25-28H2,2-4H3,(H,41,45)(H,42,44). The van der Waals surface area contributed by atoms with Crippen LogP contribution < -0.4 is 30.2 Å². The van der Waals surface area contributed by atoms with Gasteiger partial charge in [0.15, 0.2) is 5.78 Å². The van der Waals surface area contributed by atoms with Gasteiger partial charge in [0.25, 0.3) is 0 Å². The summed E-state index contributed by atoms with van der Waals surface area (Å²) in [4.78, 5) is 36.4. The van der Waals surface area contributed by atoms with Crippen LogP contribution in [0.4, 0.5) is 0 Å². The number of rotatable bonds is 24. The lowest BCUT2D eigenvalue weighted by atomic mass is 9.86. The van der Waals surface area contributed by atoms with Crippen molar-refractivity contribution in [3.8, 4) is 17.2 Å². The van der Waals surface area contributed by atoms with Crippen LogP contribution in [0.3, 0.4) is 0 Å². The second kappa shape index (κ2) is 21.9. The van der Waals surface area contributed by atoms with Crippen molar-refractivity contribution in [1.29, 1.82) is 0 Å². The first-order valence-corrected chi connectivity index (χ1v) is 17.9. The molecule has 0 aromatic heterocycles. The lowest BCUT2D eigenvalue weighted by molar-refractivity contribution is -0.123. The van der Waals surface area contributed by atoms with Crippen LogP contribution >= 0.6 is 0 Å². The van der Waals surface area contributed by atoms with Gasteiger partial charge in [-0.25, -0.2) is 0 Å². The van der Waals surface area contributed by atoms with Gasteiger partial charge in [0, 0.05) is 43.1 Å². The molecular weight excluding hydrogens is 606 g/mol. The number of carbonyl (C=O) groups is 3. The molecule has 1 unspecified atom stereocenters. The van der Waals surface area contributed by atoms with Gasteiger partial charge in [0.05, 0.1) is 25.9 Å². The molecule has 0 aliphatic heterocycles. The van der Waals surface area contributed by atoms with Gasteiger partial charge < -0.3 is 30.2 Å². The average Bonchev–Trinajstić information content (AvgIpc) is 3.09. The molecule has 1 aliphatic carbocycles. The van der Waals surface area contributed by atoms with Crippen LogP contribution in [-0.2, 0) is 28.9 Å². The molecule has 3 N–H and O–H groups in total. The molecule has 0 radical (unpaired) electrons. The molecule has 0 fully saturated rings. The molecule has 2 amide bonds. The van der Waals surface area contributed by atoms with Gasteiger partial charge in [-0.2, -0.15) is 0 Å². The van der Waals surface area contributed by atoms with Crippen LogP contribution in [0.15, 0.2) is 43.0 Å². The summed E-state index contributed by atoms with van der Waals surface area (Å²) >= 11 is 0. The van der Waals surface area contributed by atoms with Crippen molar-refractivity contribution >= 4 is 17.6 Å². The van der Waals surface area contributed by atoms with Crippen molar-refractivity contribution in [3.05, 3.63) is 65.2 Å². The third-order valence-corrected chi connectivity index (χ3v) is 8.72. The third kappa shape index (κ3) is 12.3. The molecule has 1 aliphatic rings. The van der Waals surface area contributed by atoms with Gasteiger partial charge in [-0.1, -0.05) is 25.5 Å². The number of nitrogens with one attached hydrogen (secondary N) is 3. The Kier molecular flexibility index (Phi) is 17.6. The van der Waals surface area contributed by atoms with E-state index in [0.29, 0.717) is 52.0 Å². The van der Waals surface area contributed by atoms with Gasteiger partial charge in [0.2, 0.25) is 11.8 Å². The maximum Gasteiger partial charge on any atom is 0.236 e. The summed E-state index contributed by atoms with van der Waals surface area (Å²) in [5.41, 5.74) is 4.17. The minimum Gasteiger partial charge on any atom is -0.493 e. The van der Waals surface area contributed by atoms with Gasteiger partial charge >= 0.3 is 0 Å². The van der Waals surface area contributed by atoms with Gasteiger partial charge in [-0.15, -0.1) is 6.58 Å². The van der Waals surface area contributed by atoms with E-state index in [-0.39, 0.29) is 23.6 Å². The van der Waals surface area contributed by atoms with Crippen molar-refractivity contribution in [1.82, 2.24) is 16.0 Å². The van der Waals surface area contributed by atoms with Crippen LogP contribution in [0.1, 0.15) is 105 Å². The molecule has 48 heavy (non-hydrogen) atoms. The minimum absolute atomic E-state index is 0.0145. The maximum atomic E-state index is 12.4. The first-order valence-electron chi connectivity index (χ1n) is 17.9. The largest absolute Gasteiger partial charge is 0.493 e. The number of ketones is 1. The van der Waals surface area contributed by atoms with E-state index in [0.717, 1.165) is 104 Å². The monoisotopic (exact) mass is 663 g/mol. The number of likely N-dealkylation sites (N-methyl/N-ethyl adjacent to an activating group) is 2. The molecule has 0 bridgehead atoms. The highest BCUT2D eigenvalue weighted by atomic mass is 16.5. The zero-order valence-corrected chi connectivity index (χ0v) is 29.4. The molecule has 3 rings (SSSR count). The maximum absolute atomic E-state index is 12.4. The van der Waals surface area contributed by atoms with Gasteiger partial charge in [-0.3, -0.25) is 14.4 Å². The Balaban J connectivity index is 1.35. The number of carbonyl (C=O) groups excluding carboxylic acids is 3. The van der Waals surface area contributed by atoms with Crippen molar-refractivity contribution in [2.24, 2.45) is 0 Å². The molecule has 2 aromatic carbocycles. The Bertz CT molecular complexity index is 1330. The first kappa shape index (κ1) is 38.6. The van der Waals surface area contributed by atoms with E-state index in [1.54, 1.807) is 14.1 Å². The predicted molar refractivity (Wildman–Crippen MR) is 191 cm³/mol. The van der Waals surface area contributed by atoms with E-state index in [1.165, 1.54) is 0 Å². The minimum atomic E-state index is -0.201. The quantitative estimate of drug-likeness (QED) is 0.0893. The summed E-state index contributed by atoms with van der Waals surface area (Å²) in [6.07, 6.45) is 13.1. The Hall–Kier alpha value is -3.85. The fourth-order valence-corrected chi connectivity index (χ4v) is 6.12. The van der Waals surface area contributed by atoms with Crippen LogP contribution in [0.25, 0.3) is 0 Å². The number of fused-ring (bicyclic) bond motifs is 1. The molecular formula is C39H57N3O6. The fourth-order valence-electron chi connectivity index (χ4n) is 6.12. The van der Waals surface area contributed by atoms with Crippen LogP contribution in [0.5, 0.6) is 17.2 Å². The number of amides is 2. The van der Waals surface area contributed by atoms with Gasteiger partial charge in [0.1, 0.15) is 17.2 Å². The highest BCUT2D eigenvalue weighted by Crippen LogP contribution is 2.33. The van der Waals surface area contributed by atoms with E-state index < -0.39 is 0 Å². The molecule has 264 valence electrons.